The van der Waals surface area contributed by atoms with Crippen LogP contribution in [0.1, 0.15) is 46.5 Å². The zero-order valence-corrected chi connectivity index (χ0v) is 19.2. The first-order valence-electron chi connectivity index (χ1n) is 10.3. The highest BCUT2D eigenvalue weighted by Gasteiger charge is 2.32. The van der Waals surface area contributed by atoms with Crippen molar-refractivity contribution in [3.05, 3.63) is 0 Å². The number of hydrogen-bond donors (Lipinski definition) is 8. The van der Waals surface area contributed by atoms with Gasteiger partial charge in [0.15, 0.2) is 0 Å². The van der Waals surface area contributed by atoms with E-state index in [4.69, 9.17) is 11.5 Å². The summed E-state index contributed by atoms with van der Waals surface area (Å²) in [6, 6.07) is -4.52. The molecule has 31 heavy (non-hydrogen) atoms. The van der Waals surface area contributed by atoms with E-state index in [0.29, 0.717) is 25.8 Å². The second-order valence-corrected chi connectivity index (χ2v) is 8.26. The van der Waals surface area contributed by atoms with E-state index < -0.39 is 54.0 Å². The molecule has 0 heterocycles. The molecule has 0 aliphatic carbocycles. The quantitative estimate of drug-likeness (QED) is 0.104. The lowest BCUT2D eigenvalue weighted by atomic mass is 10.0. The maximum Gasteiger partial charge on any atom is 0.326 e. The van der Waals surface area contributed by atoms with E-state index in [1.165, 1.54) is 6.92 Å². The molecule has 5 atom stereocenters. The van der Waals surface area contributed by atoms with Crippen molar-refractivity contribution in [1.29, 1.82) is 0 Å². The van der Waals surface area contributed by atoms with Crippen LogP contribution in [0.5, 0.6) is 0 Å². The smallest absolute Gasteiger partial charge is 0.326 e. The summed E-state index contributed by atoms with van der Waals surface area (Å²) >= 11 is 4.06. The van der Waals surface area contributed by atoms with Gasteiger partial charge in [-0.05, 0) is 45.1 Å². The van der Waals surface area contributed by atoms with Gasteiger partial charge in [-0.25, -0.2) is 4.79 Å². The number of nitrogens with two attached hydrogens (primary N) is 2. The highest BCUT2D eigenvalue weighted by atomic mass is 32.1. The van der Waals surface area contributed by atoms with Gasteiger partial charge in [-0.1, -0.05) is 13.8 Å². The van der Waals surface area contributed by atoms with Crippen LogP contribution in [0.25, 0.3) is 0 Å². The summed E-state index contributed by atoms with van der Waals surface area (Å²) in [6.45, 7) is 5.48. The summed E-state index contributed by atoms with van der Waals surface area (Å²) in [6.07, 6.45) is 0.345. The fraction of sp³-hybridized carbons (Fsp3) is 0.789. The van der Waals surface area contributed by atoms with Gasteiger partial charge in [-0.3, -0.25) is 14.4 Å². The number of thiol groups is 1. The number of amides is 3. The summed E-state index contributed by atoms with van der Waals surface area (Å²) in [7, 11) is 0. The van der Waals surface area contributed by atoms with E-state index in [1.807, 2.05) is 13.8 Å². The van der Waals surface area contributed by atoms with Crippen LogP contribution in [-0.2, 0) is 19.2 Å². The van der Waals surface area contributed by atoms with E-state index in [-0.39, 0.29) is 18.1 Å². The fourth-order valence-electron chi connectivity index (χ4n) is 2.76. The van der Waals surface area contributed by atoms with Crippen molar-refractivity contribution < 1.29 is 29.4 Å². The Morgan fingerprint density at radius 2 is 1.52 bits per heavy atom. The molecule has 0 bridgehead atoms. The molecule has 0 rings (SSSR count). The molecule has 0 aliphatic heterocycles. The van der Waals surface area contributed by atoms with Crippen LogP contribution >= 0.6 is 12.6 Å². The van der Waals surface area contributed by atoms with Crippen LogP contribution < -0.4 is 27.4 Å². The van der Waals surface area contributed by atoms with Gasteiger partial charge in [0, 0.05) is 5.75 Å². The Balaban J connectivity index is 5.11. The molecule has 0 spiro atoms. The molecule has 9 N–H and O–H groups in total. The van der Waals surface area contributed by atoms with Crippen molar-refractivity contribution in [1.82, 2.24) is 16.0 Å². The van der Waals surface area contributed by atoms with Crippen LogP contribution in [0.2, 0.25) is 0 Å². The number of rotatable bonds is 15. The first-order valence-corrected chi connectivity index (χ1v) is 11.0. The molecule has 180 valence electrons. The Bertz CT molecular complexity index is 604. The average Bonchev–Trinajstić information content (AvgIpc) is 2.67. The molecule has 3 amide bonds. The third kappa shape index (κ3) is 11.3. The highest BCUT2D eigenvalue weighted by Crippen LogP contribution is 2.05. The maximum absolute atomic E-state index is 12.6. The van der Waals surface area contributed by atoms with Crippen molar-refractivity contribution in [3.63, 3.8) is 0 Å². The first-order chi connectivity index (χ1) is 14.4. The summed E-state index contributed by atoms with van der Waals surface area (Å²) in [5.41, 5.74) is 11.2. The molecule has 0 fully saturated rings. The third-order valence-corrected chi connectivity index (χ3v) is 4.87. The second-order valence-electron chi connectivity index (χ2n) is 7.89. The normalized spacial score (nSPS) is 16.0. The van der Waals surface area contributed by atoms with Crippen LogP contribution in [0.4, 0.5) is 0 Å². The molecule has 0 aromatic carbocycles. The summed E-state index contributed by atoms with van der Waals surface area (Å²) < 4.78 is 0. The SMILES string of the molecule is CC(C)CC(N)C(=O)NC(CS)C(=O)NC(C(=O)NC(CCCCN)C(=O)O)C(C)O. The Morgan fingerprint density at radius 1 is 0.935 bits per heavy atom. The largest absolute Gasteiger partial charge is 0.480 e. The Kier molecular flexibility index (Phi) is 14.1. The molecule has 0 aliphatic rings. The molecular formula is C19H37N5O6S. The van der Waals surface area contributed by atoms with Gasteiger partial charge in [0.1, 0.15) is 18.1 Å². The number of carboxylic acids is 1. The molecule has 0 saturated heterocycles. The third-order valence-electron chi connectivity index (χ3n) is 4.50. The summed E-state index contributed by atoms with van der Waals surface area (Å²) in [4.78, 5) is 48.7. The number of aliphatic hydroxyl groups excluding tert-OH is 1. The molecule has 5 unspecified atom stereocenters. The average molecular weight is 464 g/mol. The van der Waals surface area contributed by atoms with Gasteiger partial charge in [0.05, 0.1) is 12.1 Å². The molecule has 12 heteroatoms. The standard InChI is InChI=1S/C19H37N5O6S/c1-10(2)8-12(21)16(26)23-14(9-31)17(27)24-15(11(3)25)18(28)22-13(19(29)30)6-4-5-7-20/h10-15,25,31H,4-9,20-21H2,1-3H3,(H,22,28)(H,23,26)(H,24,27)(H,29,30). The summed E-state index contributed by atoms with van der Waals surface area (Å²) in [5, 5.41) is 26.4. The monoisotopic (exact) mass is 463 g/mol. The van der Waals surface area contributed by atoms with E-state index in [2.05, 4.69) is 28.6 Å². The molecule has 11 nitrogen and oxygen atoms in total. The van der Waals surface area contributed by atoms with Crippen molar-refractivity contribution >= 4 is 36.3 Å². The zero-order valence-electron chi connectivity index (χ0n) is 18.3. The number of carboxylic acid groups (broad SMARTS) is 1. The number of unbranched alkanes of at least 4 members (excludes halogenated alkanes) is 1. The summed E-state index contributed by atoms with van der Waals surface area (Å²) in [5.74, 6) is -3.27. The van der Waals surface area contributed by atoms with Crippen LogP contribution in [0.3, 0.4) is 0 Å². The fourth-order valence-corrected chi connectivity index (χ4v) is 3.02. The molecular weight excluding hydrogens is 426 g/mol. The van der Waals surface area contributed by atoms with Gasteiger partial charge in [0.25, 0.3) is 0 Å². The number of carbonyl (C=O) groups is 4. The molecule has 0 saturated carbocycles. The first kappa shape index (κ1) is 29.1. The lowest BCUT2D eigenvalue weighted by Gasteiger charge is -2.26. The Labute approximate surface area is 188 Å². The number of aliphatic carboxylic acids is 1. The van der Waals surface area contributed by atoms with E-state index in [1.54, 1.807) is 0 Å². The van der Waals surface area contributed by atoms with E-state index >= 15 is 0 Å². The Morgan fingerprint density at radius 3 is 1.97 bits per heavy atom. The van der Waals surface area contributed by atoms with Crippen LogP contribution in [-0.4, -0.2) is 76.5 Å². The van der Waals surface area contributed by atoms with Crippen molar-refractivity contribution in [3.8, 4) is 0 Å². The van der Waals surface area contributed by atoms with Gasteiger partial charge < -0.3 is 37.6 Å². The second kappa shape index (κ2) is 15.0. The number of hydrogen-bond acceptors (Lipinski definition) is 8. The minimum atomic E-state index is -1.42. The van der Waals surface area contributed by atoms with E-state index in [9.17, 15) is 29.4 Å². The lowest BCUT2D eigenvalue weighted by molar-refractivity contribution is -0.143. The molecule has 0 aromatic heterocycles. The van der Waals surface area contributed by atoms with Crippen molar-refractivity contribution in [2.45, 2.75) is 76.7 Å². The molecule has 0 aromatic rings. The van der Waals surface area contributed by atoms with Crippen LogP contribution in [0, 0.1) is 5.92 Å². The van der Waals surface area contributed by atoms with Gasteiger partial charge >= 0.3 is 5.97 Å². The van der Waals surface area contributed by atoms with Crippen molar-refractivity contribution in [2.24, 2.45) is 17.4 Å². The number of carbonyl (C=O) groups excluding carboxylic acids is 3. The van der Waals surface area contributed by atoms with E-state index in [0.717, 1.165) is 0 Å². The predicted molar refractivity (Wildman–Crippen MR) is 119 cm³/mol. The predicted octanol–water partition coefficient (Wildman–Crippen LogP) is -1.66. The van der Waals surface area contributed by atoms with Crippen molar-refractivity contribution in [2.75, 3.05) is 12.3 Å². The molecule has 0 radical (unpaired) electrons. The number of aliphatic hydroxyl groups is 1. The van der Waals surface area contributed by atoms with Gasteiger partial charge in [-0.2, -0.15) is 12.6 Å². The number of nitrogens with one attached hydrogen (secondary N) is 3. The van der Waals surface area contributed by atoms with Crippen LogP contribution in [0.15, 0.2) is 0 Å². The highest BCUT2D eigenvalue weighted by molar-refractivity contribution is 7.80. The lowest BCUT2D eigenvalue weighted by Crippen LogP contribution is -2.60. The topological polar surface area (TPSA) is 197 Å². The minimum absolute atomic E-state index is 0.0725. The Hall–Kier alpha value is -1.89. The van der Waals surface area contributed by atoms with Gasteiger partial charge in [0.2, 0.25) is 17.7 Å². The minimum Gasteiger partial charge on any atom is -0.480 e. The maximum atomic E-state index is 12.6. The zero-order chi connectivity index (χ0) is 24.1. The van der Waals surface area contributed by atoms with Gasteiger partial charge in [-0.15, -0.1) is 0 Å².